The Morgan fingerprint density at radius 2 is 1.93 bits per heavy atom. The zero-order valence-electron chi connectivity index (χ0n) is 16.8. The maximum absolute atomic E-state index is 11.7. The molecule has 0 atom stereocenters. The first kappa shape index (κ1) is 21.0. The fourth-order valence-corrected chi connectivity index (χ4v) is 3.71. The number of anilines is 1. The number of carbonyl (C=O) groups is 1. The smallest absolute Gasteiger partial charge is 0.221 e. The number of hydrogen-bond donors (Lipinski definition) is 1. The summed E-state index contributed by atoms with van der Waals surface area (Å²) in [7, 11) is 0. The van der Waals surface area contributed by atoms with Crippen LogP contribution in [0.1, 0.15) is 23.1 Å². The van der Waals surface area contributed by atoms with Gasteiger partial charge in [0.25, 0.3) is 0 Å². The molecule has 0 unspecified atom stereocenters. The van der Waals surface area contributed by atoms with Gasteiger partial charge in [0.2, 0.25) is 5.91 Å². The Morgan fingerprint density at radius 3 is 2.53 bits per heavy atom. The summed E-state index contributed by atoms with van der Waals surface area (Å²) in [6.45, 7) is 7.53. The molecule has 3 rings (SSSR count). The zero-order valence-corrected chi connectivity index (χ0v) is 17.6. The lowest BCUT2D eigenvalue weighted by Crippen LogP contribution is -2.05. The second kappa shape index (κ2) is 9.68. The van der Waals surface area contributed by atoms with Crippen molar-refractivity contribution in [3.63, 3.8) is 0 Å². The highest BCUT2D eigenvalue weighted by molar-refractivity contribution is 7.17. The van der Waals surface area contributed by atoms with Crippen LogP contribution in [-0.4, -0.2) is 17.5 Å². The van der Waals surface area contributed by atoms with Gasteiger partial charge in [-0.3, -0.25) is 4.79 Å². The molecule has 0 radical (unpaired) electrons. The van der Waals surface area contributed by atoms with Crippen LogP contribution in [0.2, 0.25) is 0 Å². The Morgan fingerprint density at radius 1 is 1.23 bits per heavy atom. The molecule has 1 aromatic heterocycles. The molecule has 5 nitrogen and oxygen atoms in total. The molecule has 1 N–H and O–H groups in total. The number of rotatable bonds is 7. The fraction of sp³-hybridized carbons (Fsp3) is 0.125. The minimum atomic E-state index is -0.184. The minimum absolute atomic E-state index is 0.184. The normalized spacial score (nSPS) is 10.9. The van der Waals surface area contributed by atoms with Gasteiger partial charge in [0.1, 0.15) is 34.1 Å². The monoisotopic (exact) mass is 415 g/mol. The van der Waals surface area contributed by atoms with Crippen molar-refractivity contribution >= 4 is 33.9 Å². The predicted molar refractivity (Wildman–Crippen MR) is 122 cm³/mol. The molecule has 0 bridgehead atoms. The number of hydrogen-bond acceptors (Lipinski definition) is 5. The van der Waals surface area contributed by atoms with Crippen LogP contribution in [0.4, 0.5) is 5.00 Å². The number of benzene rings is 2. The van der Waals surface area contributed by atoms with E-state index in [1.807, 2.05) is 55.5 Å². The summed E-state index contributed by atoms with van der Waals surface area (Å²) < 4.78 is 5.49. The maximum Gasteiger partial charge on any atom is 0.221 e. The van der Waals surface area contributed by atoms with Crippen LogP contribution >= 0.6 is 11.3 Å². The quantitative estimate of drug-likeness (QED) is 0.396. The van der Waals surface area contributed by atoms with E-state index in [1.165, 1.54) is 18.3 Å². The van der Waals surface area contributed by atoms with Gasteiger partial charge in [0, 0.05) is 12.5 Å². The number of nitrogens with zero attached hydrogens (tertiary/aromatic N) is 2. The topological polar surface area (TPSA) is 75.0 Å². The first-order valence-corrected chi connectivity index (χ1v) is 10.1. The summed E-state index contributed by atoms with van der Waals surface area (Å²) in [5.41, 5.74) is 3.94. The van der Waals surface area contributed by atoms with E-state index in [0.29, 0.717) is 27.9 Å². The number of carbonyl (C=O) groups excluding carboxylic acids is 1. The Bertz CT molecular complexity index is 1120. The molecule has 6 heteroatoms. The highest BCUT2D eigenvalue weighted by Crippen LogP contribution is 2.36. The van der Waals surface area contributed by atoms with Crippen molar-refractivity contribution in [2.24, 2.45) is 0 Å². The van der Waals surface area contributed by atoms with E-state index in [2.05, 4.69) is 22.9 Å². The molecule has 3 aromatic rings. The first-order valence-electron chi connectivity index (χ1n) is 9.31. The van der Waals surface area contributed by atoms with Crippen LogP contribution in [-0.2, 0) is 4.79 Å². The Hall–Kier alpha value is -3.69. The summed E-state index contributed by atoms with van der Waals surface area (Å²) in [6.07, 6.45) is 3.45. The van der Waals surface area contributed by atoms with Crippen LogP contribution in [0.25, 0.3) is 22.9 Å². The van der Waals surface area contributed by atoms with Crippen LogP contribution in [0.5, 0.6) is 5.75 Å². The minimum Gasteiger partial charge on any atom is -0.490 e. The largest absolute Gasteiger partial charge is 0.490 e. The Balaban J connectivity index is 1.97. The molecule has 150 valence electrons. The molecule has 0 saturated heterocycles. The number of nitriles is 1. The van der Waals surface area contributed by atoms with Gasteiger partial charge in [-0.1, -0.05) is 66.0 Å². The Labute approximate surface area is 180 Å². The van der Waals surface area contributed by atoms with Crippen LogP contribution < -0.4 is 10.1 Å². The van der Waals surface area contributed by atoms with Crippen molar-refractivity contribution in [3.8, 4) is 23.1 Å². The number of aromatic nitrogens is 1. The number of aryl methyl sites for hydroxylation is 1. The zero-order chi connectivity index (χ0) is 21.5. The average molecular weight is 416 g/mol. The molecule has 0 saturated carbocycles. The van der Waals surface area contributed by atoms with Crippen LogP contribution in [0, 0.1) is 18.3 Å². The summed E-state index contributed by atoms with van der Waals surface area (Å²) >= 11 is 1.28. The van der Waals surface area contributed by atoms with Crippen LogP contribution in [0.3, 0.4) is 0 Å². The molecule has 0 aliphatic heterocycles. The maximum atomic E-state index is 11.7. The molecule has 2 aromatic carbocycles. The van der Waals surface area contributed by atoms with Gasteiger partial charge in [-0.25, -0.2) is 4.98 Å². The molecule has 0 fully saturated rings. The lowest BCUT2D eigenvalue weighted by atomic mass is 10.1. The van der Waals surface area contributed by atoms with Crippen molar-refractivity contribution in [3.05, 3.63) is 77.3 Å². The molecule has 1 heterocycles. The van der Waals surface area contributed by atoms with E-state index in [9.17, 15) is 10.1 Å². The van der Waals surface area contributed by atoms with Crippen molar-refractivity contribution in [1.82, 2.24) is 4.98 Å². The van der Waals surface area contributed by atoms with Crippen molar-refractivity contribution in [2.45, 2.75) is 13.8 Å². The predicted octanol–water partition coefficient (Wildman–Crippen LogP) is 5.71. The molecular formula is C24H21N3O2S. The van der Waals surface area contributed by atoms with Gasteiger partial charge < -0.3 is 10.1 Å². The van der Waals surface area contributed by atoms with Gasteiger partial charge >= 0.3 is 0 Å². The summed E-state index contributed by atoms with van der Waals surface area (Å²) in [4.78, 5) is 16.3. The van der Waals surface area contributed by atoms with Gasteiger partial charge in [-0.05, 0) is 30.7 Å². The van der Waals surface area contributed by atoms with Crippen LogP contribution in [0.15, 0.2) is 61.2 Å². The highest BCUT2D eigenvalue weighted by atomic mass is 32.1. The third-order valence-electron chi connectivity index (χ3n) is 4.15. The summed E-state index contributed by atoms with van der Waals surface area (Å²) in [5, 5.41) is 13.7. The van der Waals surface area contributed by atoms with Crippen molar-refractivity contribution in [2.75, 3.05) is 11.9 Å². The third-order valence-corrected chi connectivity index (χ3v) is 5.16. The highest BCUT2D eigenvalue weighted by Gasteiger charge is 2.17. The number of nitrogens with one attached hydrogen (secondary N) is 1. The molecule has 30 heavy (non-hydrogen) atoms. The summed E-state index contributed by atoms with van der Waals surface area (Å²) in [5.74, 6) is 0.547. The summed E-state index contributed by atoms with van der Waals surface area (Å²) in [6, 6.07) is 17.5. The SMILES string of the molecule is C=CCOc1ccc(C=C(C#N)c2nc(-c3ccc(C)cc3)c(NC(C)=O)s2)cc1. The van der Waals surface area contributed by atoms with Gasteiger partial charge in [-0.2, -0.15) is 5.26 Å². The van der Waals surface area contributed by atoms with Crippen molar-refractivity contribution < 1.29 is 9.53 Å². The lowest BCUT2D eigenvalue weighted by molar-refractivity contribution is -0.114. The molecular weight excluding hydrogens is 394 g/mol. The number of thiazole rings is 1. The van der Waals surface area contributed by atoms with E-state index in [1.54, 1.807) is 12.2 Å². The van der Waals surface area contributed by atoms with Gasteiger partial charge in [-0.15, -0.1) is 0 Å². The van der Waals surface area contributed by atoms with E-state index in [4.69, 9.17) is 4.74 Å². The molecule has 0 aliphatic carbocycles. The molecule has 0 spiro atoms. The second-order valence-corrected chi connectivity index (χ2v) is 7.58. The lowest BCUT2D eigenvalue weighted by Gasteiger charge is -2.03. The fourth-order valence-electron chi connectivity index (χ4n) is 2.71. The van der Waals surface area contributed by atoms with Gasteiger partial charge in [0.15, 0.2) is 0 Å². The number of allylic oxidation sites excluding steroid dienone is 1. The third kappa shape index (κ3) is 5.22. The second-order valence-electron chi connectivity index (χ2n) is 6.58. The van der Waals surface area contributed by atoms with E-state index >= 15 is 0 Å². The van der Waals surface area contributed by atoms with E-state index < -0.39 is 0 Å². The van der Waals surface area contributed by atoms with E-state index in [0.717, 1.165) is 22.4 Å². The van der Waals surface area contributed by atoms with Gasteiger partial charge in [0.05, 0.1) is 5.57 Å². The van der Waals surface area contributed by atoms with Crippen molar-refractivity contribution in [1.29, 1.82) is 5.26 Å². The number of ether oxygens (including phenoxy) is 1. The molecule has 0 aliphatic rings. The average Bonchev–Trinajstić information content (AvgIpc) is 3.14. The first-order chi connectivity index (χ1) is 14.5. The molecule has 1 amide bonds. The Kier molecular flexibility index (Phi) is 6.79. The standard InChI is InChI=1S/C24H21N3O2S/c1-4-13-29-21-11-7-18(8-12-21)14-20(15-25)23-27-22(24(30-23)26-17(3)28)19-9-5-16(2)6-10-19/h4-12,14H,1,13H2,2-3H3,(H,26,28). The van der Waals surface area contributed by atoms with E-state index in [-0.39, 0.29) is 5.91 Å². The number of amides is 1.